The third-order valence-corrected chi connectivity index (χ3v) is 9.42. The summed E-state index contributed by atoms with van der Waals surface area (Å²) in [5.74, 6) is -2.00. The van der Waals surface area contributed by atoms with Crippen molar-refractivity contribution in [3.63, 3.8) is 0 Å². The number of aliphatic hydroxyl groups is 1. The van der Waals surface area contributed by atoms with Crippen molar-refractivity contribution in [2.45, 2.75) is 56.9 Å². The van der Waals surface area contributed by atoms with Crippen molar-refractivity contribution in [3.8, 4) is 0 Å². The third kappa shape index (κ3) is 5.63. The molecule has 3 atom stereocenters. The zero-order valence-corrected chi connectivity index (χ0v) is 26.5. The number of carbonyl (C=O) groups excluding carboxylic acids is 2. The molecule has 0 aliphatic carbocycles. The molecular weight excluding hydrogens is 608 g/mol. The van der Waals surface area contributed by atoms with Gasteiger partial charge in [0.1, 0.15) is 5.82 Å². The number of esters is 1. The standard InChI is InChI=1S/C34H36Cl2FNO6/c1-4-33(41,22-14-16-43-17-15-22)24-18-27-31(28(37)19-24)34(42-3,23-8-12-26(36)13-9-23)38(32(27)40)29(20-30(39)44-5-2)21-6-10-25(35)11-7-21/h6-13,18-19,22,29,41H,4-5,14-17,20H2,1-3H3/t29-,33-,34+/m0/s1. The maximum Gasteiger partial charge on any atom is 0.308 e. The van der Waals surface area contributed by atoms with E-state index in [2.05, 4.69) is 0 Å². The molecule has 1 saturated heterocycles. The minimum absolute atomic E-state index is 0.00988. The SMILES string of the molecule is CCOC(=O)C[C@@H](c1ccc(Cl)cc1)N1C(=O)c2cc([C@](O)(CC)C3CCOCC3)cc(F)c2[C@]1(OC)c1ccc(Cl)cc1. The number of fused-ring (bicyclic) bond motifs is 1. The number of hydrogen-bond acceptors (Lipinski definition) is 6. The summed E-state index contributed by atoms with van der Waals surface area (Å²) in [4.78, 5) is 29.1. The minimum atomic E-state index is -1.79. The van der Waals surface area contributed by atoms with E-state index in [-0.39, 0.29) is 30.1 Å². The monoisotopic (exact) mass is 643 g/mol. The molecule has 2 aliphatic heterocycles. The summed E-state index contributed by atoms with van der Waals surface area (Å²) in [5, 5.41) is 12.9. The van der Waals surface area contributed by atoms with Crippen LogP contribution in [0.1, 0.15) is 78.2 Å². The van der Waals surface area contributed by atoms with Crippen LogP contribution in [0.3, 0.4) is 0 Å². The summed E-state index contributed by atoms with van der Waals surface area (Å²) in [7, 11) is 1.39. The molecule has 1 fully saturated rings. The maximum atomic E-state index is 16.8. The van der Waals surface area contributed by atoms with Crippen molar-refractivity contribution < 1.29 is 33.3 Å². The molecule has 3 aromatic carbocycles. The second-order valence-electron chi connectivity index (χ2n) is 11.2. The Bertz CT molecular complexity index is 1510. The van der Waals surface area contributed by atoms with Gasteiger partial charge in [-0.25, -0.2) is 4.39 Å². The van der Waals surface area contributed by atoms with Gasteiger partial charge in [0.25, 0.3) is 5.91 Å². The van der Waals surface area contributed by atoms with Gasteiger partial charge in [0, 0.05) is 35.9 Å². The van der Waals surface area contributed by atoms with Crippen molar-refractivity contribution >= 4 is 35.1 Å². The molecule has 0 aromatic heterocycles. The first-order valence-corrected chi connectivity index (χ1v) is 15.6. The number of halogens is 3. The summed E-state index contributed by atoms with van der Waals surface area (Å²) >= 11 is 12.4. The number of carbonyl (C=O) groups is 2. The van der Waals surface area contributed by atoms with Gasteiger partial charge in [0.2, 0.25) is 0 Å². The predicted molar refractivity (Wildman–Crippen MR) is 165 cm³/mol. The minimum Gasteiger partial charge on any atom is -0.466 e. The molecular formula is C34H36Cl2FNO6. The quantitative estimate of drug-likeness (QED) is 0.236. The Morgan fingerprint density at radius 1 is 1.09 bits per heavy atom. The largest absolute Gasteiger partial charge is 0.466 e. The van der Waals surface area contributed by atoms with E-state index >= 15 is 4.39 Å². The van der Waals surface area contributed by atoms with E-state index in [9.17, 15) is 14.7 Å². The number of methoxy groups -OCH3 is 1. The number of benzene rings is 3. The molecule has 10 heteroatoms. The number of rotatable bonds is 10. The molecule has 44 heavy (non-hydrogen) atoms. The summed E-state index contributed by atoms with van der Waals surface area (Å²) in [6.45, 7) is 4.67. The van der Waals surface area contributed by atoms with Gasteiger partial charge in [0.15, 0.2) is 5.72 Å². The molecule has 1 N–H and O–H groups in total. The second kappa shape index (κ2) is 13.2. The first-order valence-electron chi connectivity index (χ1n) is 14.8. The predicted octanol–water partition coefficient (Wildman–Crippen LogP) is 7.15. The third-order valence-electron chi connectivity index (χ3n) is 8.92. The molecule has 0 radical (unpaired) electrons. The van der Waals surface area contributed by atoms with Crippen LogP contribution < -0.4 is 0 Å². The lowest BCUT2D eigenvalue weighted by atomic mass is 9.74. The van der Waals surface area contributed by atoms with Crippen molar-refractivity contribution in [1.82, 2.24) is 4.90 Å². The summed E-state index contributed by atoms with van der Waals surface area (Å²) < 4.78 is 33.8. The topological polar surface area (TPSA) is 85.3 Å². The molecule has 5 rings (SSSR count). The van der Waals surface area contributed by atoms with E-state index in [4.69, 9.17) is 37.4 Å². The van der Waals surface area contributed by atoms with Crippen LogP contribution in [-0.2, 0) is 30.3 Å². The molecule has 0 unspecified atom stereocenters. The van der Waals surface area contributed by atoms with Crippen LogP contribution >= 0.6 is 23.2 Å². The molecule has 234 valence electrons. The lowest BCUT2D eigenvalue weighted by Crippen LogP contribution is -2.49. The summed E-state index contributed by atoms with van der Waals surface area (Å²) in [6, 6.07) is 15.3. The van der Waals surface area contributed by atoms with E-state index in [0.717, 1.165) is 0 Å². The fourth-order valence-corrected chi connectivity index (χ4v) is 6.98. The molecule has 0 saturated carbocycles. The van der Waals surface area contributed by atoms with Crippen LogP contribution in [0.2, 0.25) is 10.0 Å². The molecule has 2 heterocycles. The van der Waals surface area contributed by atoms with Crippen molar-refractivity contribution in [1.29, 1.82) is 0 Å². The Labute approximate surface area is 266 Å². The van der Waals surface area contributed by atoms with Gasteiger partial charge in [-0.1, -0.05) is 54.4 Å². The van der Waals surface area contributed by atoms with E-state index in [0.29, 0.717) is 59.2 Å². The Kier molecular flexibility index (Phi) is 9.68. The fraction of sp³-hybridized carbons (Fsp3) is 0.412. The van der Waals surface area contributed by atoms with E-state index < -0.39 is 35.1 Å². The van der Waals surface area contributed by atoms with Crippen molar-refractivity contribution in [2.24, 2.45) is 5.92 Å². The Hall–Kier alpha value is -3.01. The van der Waals surface area contributed by atoms with Gasteiger partial charge in [-0.2, -0.15) is 0 Å². The lowest BCUT2D eigenvalue weighted by Gasteiger charge is -2.43. The number of hydrogen-bond donors (Lipinski definition) is 1. The van der Waals surface area contributed by atoms with Gasteiger partial charge in [0.05, 0.1) is 35.8 Å². The zero-order chi connectivity index (χ0) is 31.6. The first kappa shape index (κ1) is 32.4. The molecule has 1 amide bonds. The van der Waals surface area contributed by atoms with Gasteiger partial charge in [-0.05, 0) is 79.6 Å². The number of nitrogens with zero attached hydrogens (tertiary/aromatic N) is 1. The molecule has 0 bridgehead atoms. The van der Waals surface area contributed by atoms with Gasteiger partial charge in [-0.3, -0.25) is 14.5 Å². The highest BCUT2D eigenvalue weighted by Crippen LogP contribution is 2.52. The van der Waals surface area contributed by atoms with Crippen molar-refractivity contribution in [3.05, 3.63) is 104 Å². The smallest absolute Gasteiger partial charge is 0.308 e. The highest BCUT2D eigenvalue weighted by atomic mass is 35.5. The summed E-state index contributed by atoms with van der Waals surface area (Å²) in [6.07, 6.45) is 1.29. The average molecular weight is 645 g/mol. The van der Waals surface area contributed by atoms with Gasteiger partial charge >= 0.3 is 5.97 Å². The maximum absolute atomic E-state index is 16.8. The van der Waals surface area contributed by atoms with E-state index in [1.54, 1.807) is 61.5 Å². The first-order chi connectivity index (χ1) is 21.1. The Morgan fingerprint density at radius 2 is 1.70 bits per heavy atom. The highest BCUT2D eigenvalue weighted by molar-refractivity contribution is 6.30. The van der Waals surface area contributed by atoms with Crippen LogP contribution in [0.4, 0.5) is 4.39 Å². The Balaban J connectivity index is 1.76. The van der Waals surface area contributed by atoms with Crippen LogP contribution in [-0.4, -0.2) is 48.8 Å². The summed E-state index contributed by atoms with van der Waals surface area (Å²) in [5.41, 5.74) is -1.83. The number of amides is 1. The number of ether oxygens (including phenoxy) is 3. The zero-order valence-electron chi connectivity index (χ0n) is 24.9. The average Bonchev–Trinajstić information content (AvgIpc) is 3.29. The van der Waals surface area contributed by atoms with Crippen LogP contribution in [0.5, 0.6) is 0 Å². The van der Waals surface area contributed by atoms with Gasteiger partial charge < -0.3 is 19.3 Å². The second-order valence-corrected chi connectivity index (χ2v) is 12.0. The van der Waals surface area contributed by atoms with E-state index in [1.165, 1.54) is 18.1 Å². The lowest BCUT2D eigenvalue weighted by molar-refractivity contribution is -0.148. The highest BCUT2D eigenvalue weighted by Gasteiger charge is 2.57. The molecule has 7 nitrogen and oxygen atoms in total. The van der Waals surface area contributed by atoms with Crippen LogP contribution in [0.25, 0.3) is 0 Å². The van der Waals surface area contributed by atoms with Crippen molar-refractivity contribution in [2.75, 3.05) is 26.9 Å². The molecule has 3 aromatic rings. The Morgan fingerprint density at radius 3 is 2.27 bits per heavy atom. The van der Waals surface area contributed by atoms with Gasteiger partial charge in [-0.15, -0.1) is 0 Å². The van der Waals surface area contributed by atoms with E-state index in [1.807, 2.05) is 6.92 Å². The fourth-order valence-electron chi connectivity index (χ4n) is 6.73. The molecule has 2 aliphatic rings. The normalized spacial score (nSPS) is 20.7. The molecule has 0 spiro atoms. The van der Waals surface area contributed by atoms with Crippen LogP contribution in [0.15, 0.2) is 60.7 Å². The van der Waals surface area contributed by atoms with Crippen LogP contribution in [0, 0.1) is 11.7 Å².